The number of hydrogen-bond acceptors (Lipinski definition) is 8. The molecule has 0 spiro atoms. The predicted molar refractivity (Wildman–Crippen MR) is 132 cm³/mol. The molecular weight excluding hydrogens is 490 g/mol. The van der Waals surface area contributed by atoms with E-state index in [1.807, 2.05) is 0 Å². The van der Waals surface area contributed by atoms with Gasteiger partial charge in [-0.25, -0.2) is 9.59 Å². The third-order valence-electron chi connectivity index (χ3n) is 5.66. The Balaban J connectivity index is 2.70. The van der Waals surface area contributed by atoms with Gasteiger partial charge in [0.1, 0.15) is 17.2 Å². The van der Waals surface area contributed by atoms with Crippen molar-refractivity contribution in [1.29, 1.82) is 0 Å². The molecule has 12 heteroatoms. The smallest absolute Gasteiger partial charge is 0.367 e. The van der Waals surface area contributed by atoms with Gasteiger partial charge in [0.25, 0.3) is 5.69 Å². The average Bonchev–Trinajstić information content (AvgIpc) is 2.84. The molecule has 0 heterocycles. The van der Waals surface area contributed by atoms with Crippen LogP contribution in [0.15, 0.2) is 59.5 Å². The molecule has 0 aromatic heterocycles. The Labute approximate surface area is 210 Å². The maximum absolute atomic E-state index is 14.1. The summed E-state index contributed by atoms with van der Waals surface area (Å²) in [7, 11) is -4.71. The number of non-ortho nitro benzene ring substituents is 1. The molecule has 36 heavy (non-hydrogen) atoms. The first-order chi connectivity index (χ1) is 17.0. The van der Waals surface area contributed by atoms with Crippen molar-refractivity contribution in [3.63, 3.8) is 0 Å². The van der Waals surface area contributed by atoms with Gasteiger partial charge in [-0.15, -0.1) is 3.89 Å². The van der Waals surface area contributed by atoms with Crippen molar-refractivity contribution < 1.29 is 36.7 Å². The fourth-order valence-corrected chi connectivity index (χ4v) is 6.24. The van der Waals surface area contributed by atoms with E-state index in [-0.39, 0.29) is 31.6 Å². The van der Waals surface area contributed by atoms with Crippen molar-refractivity contribution in [2.75, 3.05) is 19.7 Å². The summed E-state index contributed by atoms with van der Waals surface area (Å²) < 4.78 is 32.4. The minimum atomic E-state index is -4.71. The highest BCUT2D eigenvalue weighted by Gasteiger charge is 2.58. The molecule has 2 atom stereocenters. The molecule has 2 aromatic carbocycles. The van der Waals surface area contributed by atoms with Gasteiger partial charge in [0.2, 0.25) is 12.6 Å². The molecule has 0 bridgehead atoms. The summed E-state index contributed by atoms with van der Waals surface area (Å²) in [6, 6.07) is 10.7. The number of benzene rings is 2. The van der Waals surface area contributed by atoms with E-state index in [9.17, 15) is 33.2 Å². The number of ether oxygens (including phenoxy) is 1. The fraction of sp³-hybridized carbons (Fsp3) is 0.417. The minimum absolute atomic E-state index is 0.122. The molecule has 0 saturated heterocycles. The molecule has 0 aliphatic rings. The number of unbranched alkanes of at least 4 members (excludes halogenated alkanes) is 1. The molecule has 1 amide bonds. The molecule has 0 aliphatic heterocycles. The Morgan fingerprint density at radius 2 is 1.69 bits per heavy atom. The number of nitro benzene ring substituents is 1. The third kappa shape index (κ3) is 6.45. The number of nitro groups is 1. The number of carboxylic acid groups (broad SMARTS) is 1. The van der Waals surface area contributed by atoms with Crippen molar-refractivity contribution in [2.45, 2.75) is 44.0 Å². The quantitative estimate of drug-likeness (QED) is 0.164. The second kappa shape index (κ2) is 12.6. The van der Waals surface area contributed by atoms with Crippen molar-refractivity contribution in [1.82, 2.24) is 0 Å². The Bertz CT molecular complexity index is 1150. The Hall–Kier alpha value is -3.35. The van der Waals surface area contributed by atoms with Crippen LogP contribution in [0.1, 0.15) is 33.1 Å². The Kier molecular flexibility index (Phi) is 10.1. The molecule has 2 aromatic rings. The molecular formula is C24H32N3O8S+. The summed E-state index contributed by atoms with van der Waals surface area (Å²) in [6.07, 6.45) is 0.606. The highest BCUT2D eigenvalue weighted by Crippen LogP contribution is 2.34. The predicted octanol–water partition coefficient (Wildman–Crippen LogP) is 2.94. The lowest BCUT2D eigenvalue weighted by molar-refractivity contribution is -0.753. The summed E-state index contributed by atoms with van der Waals surface area (Å²) in [5.41, 5.74) is 5.21. The normalized spacial score (nSPS) is 14.1. The number of carbonyl (C=O) groups excluding carboxylic acids is 1. The fourth-order valence-electron chi connectivity index (χ4n) is 4.04. The van der Waals surface area contributed by atoms with Crippen LogP contribution in [-0.2, 0) is 19.6 Å². The van der Waals surface area contributed by atoms with Gasteiger partial charge in [0, 0.05) is 24.5 Å². The molecule has 3 N–H and O–H groups in total. The van der Waals surface area contributed by atoms with Gasteiger partial charge in [-0.05, 0) is 43.7 Å². The largest absolute Gasteiger partial charge is 0.479 e. The second-order valence-corrected chi connectivity index (χ2v) is 10.8. The van der Waals surface area contributed by atoms with E-state index >= 15 is 0 Å². The van der Waals surface area contributed by atoms with Gasteiger partial charge >= 0.3 is 21.9 Å². The molecule has 196 valence electrons. The van der Waals surface area contributed by atoms with Crippen molar-refractivity contribution in [2.24, 2.45) is 11.7 Å². The van der Waals surface area contributed by atoms with Crippen LogP contribution in [0.3, 0.4) is 0 Å². The molecule has 11 nitrogen and oxygen atoms in total. The zero-order chi connectivity index (χ0) is 26.9. The molecule has 2 rings (SSSR count). The Morgan fingerprint density at radius 3 is 2.19 bits per heavy atom. The molecule has 0 fully saturated rings. The minimum Gasteiger partial charge on any atom is -0.479 e. The van der Waals surface area contributed by atoms with Crippen LogP contribution >= 0.6 is 0 Å². The number of quaternary nitrogens is 1. The van der Waals surface area contributed by atoms with Gasteiger partial charge in [-0.2, -0.15) is 8.42 Å². The van der Waals surface area contributed by atoms with Gasteiger partial charge in [-0.1, -0.05) is 32.0 Å². The summed E-state index contributed by atoms with van der Waals surface area (Å²) in [5, 5.41) is 21.3. The lowest BCUT2D eigenvalue weighted by atomic mass is 10.1. The first-order valence-electron chi connectivity index (χ1n) is 11.5. The average molecular weight is 523 g/mol. The highest BCUT2D eigenvalue weighted by atomic mass is 32.2. The number of nitrogens with two attached hydrogens (primary N) is 1. The highest BCUT2D eigenvalue weighted by molar-refractivity contribution is 7.86. The van der Waals surface area contributed by atoms with Gasteiger partial charge in [0.05, 0.1) is 4.92 Å². The van der Waals surface area contributed by atoms with Crippen molar-refractivity contribution >= 4 is 27.6 Å². The van der Waals surface area contributed by atoms with E-state index in [2.05, 4.69) is 0 Å². The summed E-state index contributed by atoms with van der Waals surface area (Å²) in [5.74, 6) is -2.50. The van der Waals surface area contributed by atoms with E-state index < -0.39 is 54.2 Å². The van der Waals surface area contributed by atoms with Crippen molar-refractivity contribution in [3.8, 4) is 5.75 Å². The van der Waals surface area contributed by atoms with E-state index in [0.717, 1.165) is 24.3 Å². The first kappa shape index (κ1) is 28.9. The number of carboxylic acids is 1. The van der Waals surface area contributed by atoms with Crippen LogP contribution in [0, 0.1) is 16.0 Å². The molecule has 0 aliphatic carbocycles. The zero-order valence-electron chi connectivity index (χ0n) is 20.3. The molecule has 1 unspecified atom stereocenters. The van der Waals surface area contributed by atoms with E-state index in [1.54, 1.807) is 44.2 Å². The topological polar surface area (TPSA) is 167 Å². The van der Waals surface area contributed by atoms with Crippen LogP contribution in [0.2, 0.25) is 0 Å². The standard InChI is InChI=1S/C24H31N3O8S/c1-18(2)16-27(22(24(29)30)10-6-7-15-25,23(28)17-35-20-8-4-3-5-9-20)36(33,34)21-13-11-19(12-14-21)26(31)32/h3-5,8-9,11-14,18,22H,6-7,10,15-17,25H2,1-2H3/p+1/t22-,27?/m0/s1. The Morgan fingerprint density at radius 1 is 1.08 bits per heavy atom. The number of sulfonamides is 1. The van der Waals surface area contributed by atoms with Gasteiger partial charge < -0.3 is 15.6 Å². The molecule has 0 saturated carbocycles. The lowest BCUT2D eigenvalue weighted by Crippen LogP contribution is -2.67. The van der Waals surface area contributed by atoms with Gasteiger partial charge in [0.15, 0.2) is 0 Å². The number of amides is 1. The zero-order valence-corrected chi connectivity index (χ0v) is 21.1. The summed E-state index contributed by atoms with van der Waals surface area (Å²) in [4.78, 5) is 36.3. The second-order valence-electron chi connectivity index (χ2n) is 8.73. The third-order valence-corrected chi connectivity index (χ3v) is 7.99. The van der Waals surface area contributed by atoms with E-state index in [0.29, 0.717) is 12.2 Å². The number of hydrogen-bond donors (Lipinski definition) is 2. The van der Waals surface area contributed by atoms with Crippen molar-refractivity contribution in [3.05, 3.63) is 64.7 Å². The van der Waals surface area contributed by atoms with Crippen LogP contribution in [0.4, 0.5) is 5.69 Å². The number of nitrogens with zero attached hydrogens (tertiary/aromatic N) is 2. The monoisotopic (exact) mass is 522 g/mol. The SMILES string of the molecule is CC(C)C[N+](C(=O)COc1ccccc1)([C@@H](CCCCN)C(=O)O)S(=O)(=O)c1ccc([N+](=O)[O-])cc1. The maximum atomic E-state index is 14.1. The van der Waals surface area contributed by atoms with Gasteiger partial charge in [-0.3, -0.25) is 10.1 Å². The summed E-state index contributed by atoms with van der Waals surface area (Å²) in [6.45, 7) is 2.61. The first-order valence-corrected chi connectivity index (χ1v) is 12.9. The van der Waals surface area contributed by atoms with Crippen LogP contribution in [-0.4, -0.2) is 60.0 Å². The van der Waals surface area contributed by atoms with Crippen LogP contribution in [0.5, 0.6) is 5.75 Å². The van der Waals surface area contributed by atoms with Crippen LogP contribution < -0.4 is 10.5 Å². The maximum Gasteiger partial charge on any atom is 0.367 e. The van der Waals surface area contributed by atoms with Crippen LogP contribution in [0.25, 0.3) is 0 Å². The number of carbonyl (C=O) groups is 2. The lowest BCUT2D eigenvalue weighted by Gasteiger charge is -2.39. The van der Waals surface area contributed by atoms with E-state index in [4.69, 9.17) is 10.5 Å². The molecule has 0 radical (unpaired) electrons. The summed E-state index contributed by atoms with van der Waals surface area (Å²) >= 11 is 0. The number of para-hydroxylation sites is 1. The number of rotatable bonds is 14. The number of aliphatic carboxylic acids is 1. The van der Waals surface area contributed by atoms with E-state index in [1.165, 1.54) is 0 Å².